The molecule has 1 saturated heterocycles. The molecule has 1 saturated carbocycles. The lowest BCUT2D eigenvalue weighted by molar-refractivity contribution is -0.137. The number of hydrogen-bond donors (Lipinski definition) is 0. The van der Waals surface area contributed by atoms with E-state index in [0.29, 0.717) is 24.7 Å². The molecule has 1 heterocycles. The van der Waals surface area contributed by atoms with Crippen LogP contribution in [0.4, 0.5) is 4.79 Å². The summed E-state index contributed by atoms with van der Waals surface area (Å²) in [6, 6.07) is 0. The summed E-state index contributed by atoms with van der Waals surface area (Å²) in [5, 5.41) is 0. The second kappa shape index (κ2) is 3.75. The largest absolute Gasteiger partial charge is 0.444 e. The Morgan fingerprint density at radius 1 is 1.44 bits per heavy atom. The fraction of sp³-hybridized carbons (Fsp3) is 0.833. The average molecular weight is 225 g/mol. The predicted molar refractivity (Wildman–Crippen MR) is 59.0 cm³/mol. The lowest BCUT2D eigenvalue weighted by Gasteiger charge is -2.43. The fourth-order valence-corrected chi connectivity index (χ4v) is 2.35. The number of likely N-dealkylation sites (tertiary alicyclic amines) is 1. The van der Waals surface area contributed by atoms with Gasteiger partial charge in [-0.2, -0.15) is 0 Å². The van der Waals surface area contributed by atoms with E-state index in [1.165, 1.54) is 0 Å². The zero-order valence-corrected chi connectivity index (χ0v) is 10.2. The van der Waals surface area contributed by atoms with Gasteiger partial charge in [0.25, 0.3) is 0 Å². The lowest BCUT2D eigenvalue weighted by Crippen LogP contribution is -2.53. The highest BCUT2D eigenvalue weighted by Crippen LogP contribution is 2.37. The summed E-state index contributed by atoms with van der Waals surface area (Å²) in [6.45, 7) is 6.84. The molecule has 4 heteroatoms. The van der Waals surface area contributed by atoms with Gasteiger partial charge in [-0.25, -0.2) is 4.79 Å². The number of ketones is 1. The molecule has 90 valence electrons. The Balaban J connectivity index is 1.91. The number of fused-ring (bicyclic) bond motifs is 1. The number of ether oxygens (including phenoxy) is 1. The number of carbonyl (C=O) groups is 2. The van der Waals surface area contributed by atoms with Gasteiger partial charge in [-0.1, -0.05) is 0 Å². The van der Waals surface area contributed by atoms with Crippen molar-refractivity contribution < 1.29 is 14.3 Å². The van der Waals surface area contributed by atoms with E-state index < -0.39 is 5.60 Å². The van der Waals surface area contributed by atoms with Crippen molar-refractivity contribution >= 4 is 11.9 Å². The zero-order valence-electron chi connectivity index (χ0n) is 10.2. The highest BCUT2D eigenvalue weighted by molar-refractivity contribution is 5.88. The van der Waals surface area contributed by atoms with E-state index >= 15 is 0 Å². The molecule has 4 nitrogen and oxygen atoms in total. The van der Waals surface area contributed by atoms with Crippen LogP contribution >= 0.6 is 0 Å². The van der Waals surface area contributed by atoms with E-state index in [9.17, 15) is 9.59 Å². The number of piperidine rings is 1. The van der Waals surface area contributed by atoms with Gasteiger partial charge >= 0.3 is 6.09 Å². The van der Waals surface area contributed by atoms with Gasteiger partial charge < -0.3 is 9.64 Å². The van der Waals surface area contributed by atoms with Gasteiger partial charge in [-0.3, -0.25) is 4.79 Å². The third-order valence-electron chi connectivity index (χ3n) is 3.28. The van der Waals surface area contributed by atoms with Crippen LogP contribution in [0.25, 0.3) is 0 Å². The van der Waals surface area contributed by atoms with Crippen molar-refractivity contribution in [2.75, 3.05) is 13.1 Å². The molecule has 0 radical (unpaired) electrons. The average Bonchev–Trinajstić information content (AvgIpc) is 2.13. The van der Waals surface area contributed by atoms with Gasteiger partial charge in [0.2, 0.25) is 0 Å². The normalized spacial score (nSPS) is 29.4. The Morgan fingerprint density at radius 3 is 2.69 bits per heavy atom. The second-order valence-electron chi connectivity index (χ2n) is 5.75. The molecule has 1 aliphatic carbocycles. The maximum Gasteiger partial charge on any atom is 0.410 e. The molecular weight excluding hydrogens is 206 g/mol. The van der Waals surface area contributed by atoms with Crippen molar-refractivity contribution in [1.29, 1.82) is 0 Å². The minimum Gasteiger partial charge on any atom is -0.444 e. The first-order chi connectivity index (χ1) is 7.37. The van der Waals surface area contributed by atoms with E-state index in [2.05, 4.69) is 0 Å². The summed E-state index contributed by atoms with van der Waals surface area (Å²) in [7, 11) is 0. The number of carbonyl (C=O) groups excluding carboxylic acids is 2. The van der Waals surface area contributed by atoms with Crippen molar-refractivity contribution in [3.8, 4) is 0 Å². The summed E-state index contributed by atoms with van der Waals surface area (Å²) in [5.74, 6) is 0.908. The summed E-state index contributed by atoms with van der Waals surface area (Å²) in [6.07, 6.45) is 1.37. The molecule has 0 aromatic heterocycles. The van der Waals surface area contributed by atoms with Crippen LogP contribution < -0.4 is 0 Å². The third-order valence-corrected chi connectivity index (χ3v) is 3.28. The topological polar surface area (TPSA) is 46.6 Å². The van der Waals surface area contributed by atoms with Crippen LogP contribution in [0.5, 0.6) is 0 Å². The quantitative estimate of drug-likeness (QED) is 0.632. The number of amides is 1. The van der Waals surface area contributed by atoms with Crippen molar-refractivity contribution in [1.82, 2.24) is 4.90 Å². The highest BCUT2D eigenvalue weighted by atomic mass is 16.6. The van der Waals surface area contributed by atoms with Crippen LogP contribution in [0.2, 0.25) is 0 Å². The van der Waals surface area contributed by atoms with Crippen molar-refractivity contribution in [2.45, 2.75) is 39.2 Å². The van der Waals surface area contributed by atoms with Gasteiger partial charge in [0.1, 0.15) is 11.4 Å². The number of hydrogen-bond acceptors (Lipinski definition) is 3. The predicted octanol–water partition coefficient (Wildman–Crippen LogP) is 1.83. The van der Waals surface area contributed by atoms with E-state index in [-0.39, 0.29) is 12.0 Å². The molecule has 0 unspecified atom stereocenters. The molecule has 1 aliphatic heterocycles. The summed E-state index contributed by atoms with van der Waals surface area (Å²) in [4.78, 5) is 24.8. The Bertz CT molecular complexity index is 319. The van der Waals surface area contributed by atoms with Crippen LogP contribution in [-0.4, -0.2) is 35.5 Å². The molecule has 0 N–H and O–H groups in total. The summed E-state index contributed by atoms with van der Waals surface area (Å²) < 4.78 is 5.30. The Labute approximate surface area is 95.9 Å². The maximum absolute atomic E-state index is 11.8. The molecule has 2 aliphatic rings. The summed E-state index contributed by atoms with van der Waals surface area (Å²) >= 11 is 0. The van der Waals surface area contributed by atoms with Crippen LogP contribution in [0.15, 0.2) is 0 Å². The SMILES string of the molecule is CC(C)(C)OC(=O)N1CC[C@H]2CC(=O)[C@@H]2C1. The fourth-order valence-electron chi connectivity index (χ4n) is 2.35. The monoisotopic (exact) mass is 225 g/mol. The highest BCUT2D eigenvalue weighted by Gasteiger charge is 2.44. The first-order valence-corrected chi connectivity index (χ1v) is 5.87. The van der Waals surface area contributed by atoms with Crippen molar-refractivity contribution in [3.63, 3.8) is 0 Å². The van der Waals surface area contributed by atoms with Crippen molar-refractivity contribution in [3.05, 3.63) is 0 Å². The Kier molecular flexibility index (Phi) is 2.68. The van der Waals surface area contributed by atoms with Crippen LogP contribution in [-0.2, 0) is 9.53 Å². The Hall–Kier alpha value is -1.06. The van der Waals surface area contributed by atoms with Gasteiger partial charge in [-0.05, 0) is 33.1 Å². The third kappa shape index (κ3) is 2.20. The van der Waals surface area contributed by atoms with E-state index in [1.54, 1.807) is 4.90 Å². The molecule has 16 heavy (non-hydrogen) atoms. The minimum absolute atomic E-state index is 0.0845. The Morgan fingerprint density at radius 2 is 2.12 bits per heavy atom. The van der Waals surface area contributed by atoms with E-state index in [1.807, 2.05) is 20.8 Å². The molecule has 2 fully saturated rings. The van der Waals surface area contributed by atoms with Gasteiger partial charge in [0.05, 0.1) is 0 Å². The van der Waals surface area contributed by atoms with Crippen LogP contribution in [0, 0.1) is 11.8 Å². The van der Waals surface area contributed by atoms with Gasteiger partial charge in [0.15, 0.2) is 0 Å². The molecule has 2 rings (SSSR count). The molecule has 0 aromatic rings. The first-order valence-electron chi connectivity index (χ1n) is 5.87. The van der Waals surface area contributed by atoms with E-state index in [4.69, 9.17) is 4.74 Å². The minimum atomic E-state index is -0.461. The van der Waals surface area contributed by atoms with Crippen LogP contribution in [0.1, 0.15) is 33.6 Å². The number of nitrogens with zero attached hydrogens (tertiary/aromatic N) is 1. The first kappa shape index (κ1) is 11.4. The van der Waals surface area contributed by atoms with Crippen LogP contribution in [0.3, 0.4) is 0 Å². The van der Waals surface area contributed by atoms with E-state index in [0.717, 1.165) is 13.0 Å². The smallest absolute Gasteiger partial charge is 0.410 e. The molecular formula is C12H19NO3. The molecule has 1 amide bonds. The summed E-state index contributed by atoms with van der Waals surface area (Å²) in [5.41, 5.74) is -0.461. The van der Waals surface area contributed by atoms with Gasteiger partial charge in [0, 0.05) is 25.4 Å². The molecule has 2 atom stereocenters. The van der Waals surface area contributed by atoms with Crippen molar-refractivity contribution in [2.24, 2.45) is 11.8 Å². The number of Topliss-reactive ketones (excluding diaryl/α,β-unsaturated/α-hetero) is 1. The molecule has 0 aromatic carbocycles. The number of rotatable bonds is 0. The molecule has 0 spiro atoms. The van der Waals surface area contributed by atoms with Gasteiger partial charge in [-0.15, -0.1) is 0 Å². The lowest BCUT2D eigenvalue weighted by atomic mass is 9.68. The zero-order chi connectivity index (χ0) is 11.9. The second-order valence-corrected chi connectivity index (χ2v) is 5.75. The standard InChI is InChI=1S/C12H19NO3/c1-12(2,3)16-11(15)13-5-4-8-6-10(14)9(8)7-13/h8-9H,4-7H2,1-3H3/t8-,9+/m0/s1. The molecule has 0 bridgehead atoms. The maximum atomic E-state index is 11.8.